The predicted octanol–water partition coefficient (Wildman–Crippen LogP) is -0.760. The molecule has 0 bridgehead atoms. The molecular formula is C8H14N2O2. The Morgan fingerprint density at radius 1 is 1.67 bits per heavy atom. The number of ether oxygens (including phenoxy) is 1. The molecular weight excluding hydrogens is 156 g/mol. The summed E-state index contributed by atoms with van der Waals surface area (Å²) in [5, 5.41) is 3.27. The molecule has 1 aliphatic heterocycles. The molecule has 2 fully saturated rings. The maximum atomic E-state index is 10.3. The van der Waals surface area contributed by atoms with Gasteiger partial charge < -0.3 is 15.8 Å². The molecule has 0 radical (unpaired) electrons. The van der Waals surface area contributed by atoms with Gasteiger partial charge in [-0.25, -0.2) is 0 Å². The van der Waals surface area contributed by atoms with Gasteiger partial charge in [-0.15, -0.1) is 0 Å². The number of hydrogen-bond acceptors (Lipinski definition) is 4. The normalized spacial score (nSPS) is 44.8. The average molecular weight is 170 g/mol. The first-order valence-electron chi connectivity index (χ1n) is 4.31. The van der Waals surface area contributed by atoms with E-state index in [1.54, 1.807) is 0 Å². The quantitative estimate of drug-likeness (QED) is 0.546. The molecule has 0 aromatic rings. The van der Waals surface area contributed by atoms with Crippen LogP contribution in [-0.4, -0.2) is 31.7 Å². The summed E-state index contributed by atoms with van der Waals surface area (Å²) >= 11 is 0. The minimum atomic E-state index is -0.335. The van der Waals surface area contributed by atoms with E-state index >= 15 is 0 Å². The fourth-order valence-corrected chi connectivity index (χ4v) is 2.38. The summed E-state index contributed by atoms with van der Waals surface area (Å²) < 4.78 is 5.08. The molecule has 2 atom stereocenters. The molecule has 1 aliphatic carbocycles. The van der Waals surface area contributed by atoms with Crippen LogP contribution < -0.4 is 11.1 Å². The molecule has 2 rings (SSSR count). The Labute approximate surface area is 71.4 Å². The molecule has 2 aliphatic rings. The van der Waals surface area contributed by atoms with Crippen LogP contribution in [0, 0.1) is 5.41 Å². The average Bonchev–Trinajstić information content (AvgIpc) is 2.42. The highest BCUT2D eigenvalue weighted by Crippen LogP contribution is 2.61. The summed E-state index contributed by atoms with van der Waals surface area (Å²) in [7, 11) is 0. The number of carbonyl (C=O) groups excluding carboxylic acids is 1. The fourth-order valence-electron chi connectivity index (χ4n) is 2.38. The zero-order valence-electron chi connectivity index (χ0n) is 7.01. The standard InChI is InChI=1S/C8H14N2O2/c9-4-8(12-6-11)3-7(8)1-2-10-5-7/h6,10H,1-5,9H2. The van der Waals surface area contributed by atoms with Gasteiger partial charge in [0.2, 0.25) is 0 Å². The summed E-state index contributed by atoms with van der Waals surface area (Å²) in [4.78, 5) is 10.3. The van der Waals surface area contributed by atoms with Crippen LogP contribution in [0.1, 0.15) is 12.8 Å². The topological polar surface area (TPSA) is 64.3 Å². The third kappa shape index (κ3) is 0.820. The van der Waals surface area contributed by atoms with E-state index in [0.717, 1.165) is 25.9 Å². The molecule has 12 heavy (non-hydrogen) atoms. The Balaban J connectivity index is 2.08. The second-order valence-corrected chi connectivity index (χ2v) is 3.80. The monoisotopic (exact) mass is 170 g/mol. The number of carbonyl (C=O) groups is 1. The van der Waals surface area contributed by atoms with E-state index < -0.39 is 0 Å². The molecule has 1 saturated carbocycles. The van der Waals surface area contributed by atoms with Crippen LogP contribution in [0.2, 0.25) is 0 Å². The Morgan fingerprint density at radius 2 is 2.50 bits per heavy atom. The van der Waals surface area contributed by atoms with Crippen LogP contribution in [0.3, 0.4) is 0 Å². The lowest BCUT2D eigenvalue weighted by Gasteiger charge is -2.17. The first-order valence-corrected chi connectivity index (χ1v) is 4.31. The summed E-state index contributed by atoms with van der Waals surface area (Å²) in [6, 6.07) is 0. The molecule has 4 nitrogen and oxygen atoms in total. The minimum absolute atomic E-state index is 0.169. The van der Waals surface area contributed by atoms with Crippen molar-refractivity contribution in [3.05, 3.63) is 0 Å². The Kier molecular flexibility index (Phi) is 1.63. The zero-order valence-corrected chi connectivity index (χ0v) is 7.01. The van der Waals surface area contributed by atoms with Gasteiger partial charge in [0.1, 0.15) is 5.60 Å². The zero-order chi connectivity index (χ0) is 8.66. The van der Waals surface area contributed by atoms with Crippen LogP contribution in [0.15, 0.2) is 0 Å². The molecule has 0 aromatic carbocycles. The van der Waals surface area contributed by atoms with Crippen molar-refractivity contribution in [2.24, 2.45) is 11.1 Å². The Hall–Kier alpha value is -0.610. The van der Waals surface area contributed by atoms with Crippen molar-refractivity contribution < 1.29 is 9.53 Å². The molecule has 1 saturated heterocycles. The SMILES string of the molecule is NCC1(OC=O)CC12CCNC2. The largest absolute Gasteiger partial charge is 0.459 e. The van der Waals surface area contributed by atoms with Crippen molar-refractivity contribution in [3.63, 3.8) is 0 Å². The number of nitrogens with two attached hydrogens (primary N) is 1. The summed E-state index contributed by atoms with van der Waals surface area (Å²) in [6.45, 7) is 2.94. The second-order valence-electron chi connectivity index (χ2n) is 3.80. The number of rotatable bonds is 3. The maximum Gasteiger partial charge on any atom is 0.293 e. The van der Waals surface area contributed by atoms with E-state index in [1.807, 2.05) is 0 Å². The van der Waals surface area contributed by atoms with Crippen LogP contribution in [0.25, 0.3) is 0 Å². The van der Waals surface area contributed by atoms with Crippen LogP contribution in [0.5, 0.6) is 0 Å². The van der Waals surface area contributed by atoms with Crippen molar-refractivity contribution in [1.82, 2.24) is 5.32 Å². The van der Waals surface area contributed by atoms with E-state index in [2.05, 4.69) is 5.32 Å². The van der Waals surface area contributed by atoms with Crippen molar-refractivity contribution in [2.45, 2.75) is 18.4 Å². The Morgan fingerprint density at radius 3 is 3.00 bits per heavy atom. The summed E-state index contributed by atoms with van der Waals surface area (Å²) in [5.74, 6) is 0. The van der Waals surface area contributed by atoms with Gasteiger partial charge >= 0.3 is 0 Å². The van der Waals surface area contributed by atoms with Gasteiger partial charge in [0.05, 0.1) is 0 Å². The Bertz CT molecular complexity index is 201. The molecule has 3 N–H and O–H groups in total. The van der Waals surface area contributed by atoms with Gasteiger partial charge in [0, 0.05) is 18.5 Å². The first kappa shape index (κ1) is 8.01. The third-order valence-corrected chi connectivity index (χ3v) is 3.31. The molecule has 2 unspecified atom stereocenters. The molecule has 0 amide bonds. The molecule has 1 heterocycles. The van der Waals surface area contributed by atoms with Crippen molar-refractivity contribution in [1.29, 1.82) is 0 Å². The molecule has 4 heteroatoms. The lowest BCUT2D eigenvalue weighted by Crippen LogP contribution is -2.33. The van der Waals surface area contributed by atoms with Gasteiger partial charge in [-0.05, 0) is 19.4 Å². The lowest BCUT2D eigenvalue weighted by atomic mass is 10.0. The van der Waals surface area contributed by atoms with Gasteiger partial charge in [-0.3, -0.25) is 4.79 Å². The number of hydrogen-bond donors (Lipinski definition) is 2. The lowest BCUT2D eigenvalue weighted by molar-refractivity contribution is -0.137. The predicted molar refractivity (Wildman–Crippen MR) is 43.5 cm³/mol. The first-order chi connectivity index (χ1) is 5.79. The van der Waals surface area contributed by atoms with E-state index in [0.29, 0.717) is 13.0 Å². The van der Waals surface area contributed by atoms with E-state index in [9.17, 15) is 4.79 Å². The van der Waals surface area contributed by atoms with Crippen molar-refractivity contribution in [2.75, 3.05) is 19.6 Å². The van der Waals surface area contributed by atoms with Crippen LogP contribution >= 0.6 is 0 Å². The van der Waals surface area contributed by atoms with Gasteiger partial charge in [0.15, 0.2) is 0 Å². The molecule has 0 aromatic heterocycles. The van der Waals surface area contributed by atoms with Gasteiger partial charge in [-0.1, -0.05) is 0 Å². The highest BCUT2D eigenvalue weighted by Gasteiger charge is 2.69. The highest BCUT2D eigenvalue weighted by molar-refractivity contribution is 5.42. The molecule has 68 valence electrons. The summed E-state index contributed by atoms with van der Waals surface area (Å²) in [5.41, 5.74) is 5.43. The van der Waals surface area contributed by atoms with E-state index in [1.165, 1.54) is 0 Å². The second kappa shape index (κ2) is 2.44. The van der Waals surface area contributed by atoms with Gasteiger partial charge in [0.25, 0.3) is 6.47 Å². The number of nitrogens with one attached hydrogen (secondary N) is 1. The van der Waals surface area contributed by atoms with Gasteiger partial charge in [-0.2, -0.15) is 0 Å². The highest BCUT2D eigenvalue weighted by atomic mass is 16.5. The third-order valence-electron chi connectivity index (χ3n) is 3.31. The minimum Gasteiger partial charge on any atom is -0.459 e. The fraction of sp³-hybridized carbons (Fsp3) is 0.875. The van der Waals surface area contributed by atoms with Crippen molar-refractivity contribution >= 4 is 6.47 Å². The van der Waals surface area contributed by atoms with Crippen LogP contribution in [0.4, 0.5) is 0 Å². The molecule has 1 spiro atoms. The van der Waals surface area contributed by atoms with Crippen molar-refractivity contribution in [3.8, 4) is 0 Å². The van der Waals surface area contributed by atoms with E-state index in [-0.39, 0.29) is 11.0 Å². The van der Waals surface area contributed by atoms with E-state index in [4.69, 9.17) is 10.5 Å². The van der Waals surface area contributed by atoms with Crippen LogP contribution in [-0.2, 0) is 9.53 Å². The smallest absolute Gasteiger partial charge is 0.293 e. The summed E-state index contributed by atoms with van der Waals surface area (Å²) in [6.07, 6.45) is 2.01. The maximum absolute atomic E-state index is 10.3.